The lowest BCUT2D eigenvalue weighted by atomic mass is 10.2. The van der Waals surface area contributed by atoms with E-state index in [0.29, 0.717) is 18.9 Å². The Balaban J connectivity index is 1.66. The molecule has 1 heterocycles. The van der Waals surface area contributed by atoms with Gasteiger partial charge in [0.15, 0.2) is 5.58 Å². The Bertz CT molecular complexity index is 792. The van der Waals surface area contributed by atoms with E-state index >= 15 is 0 Å². The molecule has 1 N–H and O–H groups in total. The largest absolute Gasteiger partial charge is 0.493 e. The summed E-state index contributed by atoms with van der Waals surface area (Å²) < 4.78 is 11.7. The fourth-order valence-electron chi connectivity index (χ4n) is 2.49. The lowest BCUT2D eigenvalue weighted by molar-refractivity contribution is -0.137. The van der Waals surface area contributed by atoms with Crippen LogP contribution < -0.4 is 4.74 Å². The maximum Gasteiger partial charge on any atom is 0.303 e. The Morgan fingerprint density at radius 2 is 1.83 bits per heavy atom. The fraction of sp³-hybridized carbons (Fsp3) is 0.263. The standard InChI is InChI=1S/C19H19NO4/c21-18(22)12-2-1-7-13-23-16-10-5-3-8-14(16)19-20-15-9-4-6-11-17(15)24-19/h3-6,8-11H,1-2,7,12-13H2,(H,21,22). The molecule has 0 saturated heterocycles. The van der Waals surface area contributed by atoms with Gasteiger partial charge in [-0.05, 0) is 43.5 Å². The zero-order chi connectivity index (χ0) is 16.8. The SMILES string of the molecule is O=C(O)CCCCCOc1ccccc1-c1nc2ccccc2o1. The molecule has 0 fully saturated rings. The molecule has 0 atom stereocenters. The molecule has 3 aromatic rings. The molecule has 0 aliphatic rings. The molecule has 0 aliphatic heterocycles. The molecular formula is C19H19NO4. The summed E-state index contributed by atoms with van der Waals surface area (Å²) in [6, 6.07) is 15.3. The average Bonchev–Trinajstić information content (AvgIpc) is 3.02. The van der Waals surface area contributed by atoms with Crippen LogP contribution in [0.3, 0.4) is 0 Å². The lowest BCUT2D eigenvalue weighted by Crippen LogP contribution is -2.00. The van der Waals surface area contributed by atoms with Crippen molar-refractivity contribution >= 4 is 17.1 Å². The minimum Gasteiger partial charge on any atom is -0.493 e. The van der Waals surface area contributed by atoms with E-state index in [1.807, 2.05) is 48.5 Å². The summed E-state index contributed by atoms with van der Waals surface area (Å²) in [5.41, 5.74) is 2.38. The molecule has 0 unspecified atom stereocenters. The van der Waals surface area contributed by atoms with Gasteiger partial charge in [0, 0.05) is 6.42 Å². The Hall–Kier alpha value is -2.82. The number of hydrogen-bond acceptors (Lipinski definition) is 4. The van der Waals surface area contributed by atoms with Crippen molar-refractivity contribution in [1.82, 2.24) is 4.98 Å². The molecule has 5 nitrogen and oxygen atoms in total. The highest BCUT2D eigenvalue weighted by molar-refractivity contribution is 5.77. The normalized spacial score (nSPS) is 10.8. The summed E-state index contributed by atoms with van der Waals surface area (Å²) in [5, 5.41) is 8.62. The quantitative estimate of drug-likeness (QED) is 0.616. The van der Waals surface area contributed by atoms with Gasteiger partial charge in [0.25, 0.3) is 0 Å². The van der Waals surface area contributed by atoms with Crippen LogP contribution in [-0.2, 0) is 4.79 Å². The number of hydrogen-bond donors (Lipinski definition) is 1. The molecule has 5 heteroatoms. The number of oxazole rings is 1. The number of ether oxygens (including phenoxy) is 1. The number of nitrogens with zero attached hydrogens (tertiary/aromatic N) is 1. The second kappa shape index (κ2) is 7.64. The number of benzene rings is 2. The predicted octanol–water partition coefficient (Wildman–Crippen LogP) is 4.52. The topological polar surface area (TPSA) is 72.6 Å². The van der Waals surface area contributed by atoms with Crippen LogP contribution >= 0.6 is 0 Å². The van der Waals surface area contributed by atoms with Crippen LogP contribution in [0.25, 0.3) is 22.6 Å². The third-order valence-corrected chi connectivity index (χ3v) is 3.70. The molecule has 0 radical (unpaired) electrons. The van der Waals surface area contributed by atoms with Crippen molar-refractivity contribution in [1.29, 1.82) is 0 Å². The van der Waals surface area contributed by atoms with Gasteiger partial charge in [-0.2, -0.15) is 0 Å². The zero-order valence-electron chi connectivity index (χ0n) is 13.3. The summed E-state index contributed by atoms with van der Waals surface area (Å²) in [6.07, 6.45) is 2.53. The third kappa shape index (κ3) is 3.93. The summed E-state index contributed by atoms with van der Waals surface area (Å²) >= 11 is 0. The number of carbonyl (C=O) groups is 1. The van der Waals surface area contributed by atoms with Crippen LogP contribution in [-0.4, -0.2) is 22.7 Å². The first-order valence-corrected chi connectivity index (χ1v) is 8.03. The van der Waals surface area contributed by atoms with Crippen LogP contribution in [0.15, 0.2) is 52.9 Å². The van der Waals surface area contributed by atoms with Gasteiger partial charge >= 0.3 is 5.97 Å². The van der Waals surface area contributed by atoms with Gasteiger partial charge in [-0.3, -0.25) is 4.79 Å². The van der Waals surface area contributed by atoms with E-state index in [4.69, 9.17) is 14.3 Å². The van der Waals surface area contributed by atoms with Crippen molar-refractivity contribution in [2.24, 2.45) is 0 Å². The van der Waals surface area contributed by atoms with Crippen molar-refractivity contribution in [2.75, 3.05) is 6.61 Å². The molecule has 3 rings (SSSR count). The van der Waals surface area contributed by atoms with E-state index in [1.54, 1.807) is 0 Å². The number of unbranched alkanes of at least 4 members (excludes halogenated alkanes) is 2. The lowest BCUT2D eigenvalue weighted by Gasteiger charge is -2.09. The van der Waals surface area contributed by atoms with Crippen LogP contribution in [0.1, 0.15) is 25.7 Å². The van der Waals surface area contributed by atoms with Crippen molar-refractivity contribution < 1.29 is 19.1 Å². The van der Waals surface area contributed by atoms with Crippen LogP contribution in [0.5, 0.6) is 5.75 Å². The maximum atomic E-state index is 10.5. The number of carboxylic acid groups (broad SMARTS) is 1. The van der Waals surface area contributed by atoms with Crippen LogP contribution in [0.4, 0.5) is 0 Å². The first kappa shape index (κ1) is 16.1. The minimum atomic E-state index is -0.753. The Morgan fingerprint density at radius 1 is 1.04 bits per heavy atom. The summed E-state index contributed by atoms with van der Waals surface area (Å²) in [7, 11) is 0. The molecule has 2 aromatic carbocycles. The zero-order valence-corrected chi connectivity index (χ0v) is 13.3. The van der Waals surface area contributed by atoms with Gasteiger partial charge < -0.3 is 14.3 Å². The Labute approximate surface area is 139 Å². The number of carboxylic acids is 1. The van der Waals surface area contributed by atoms with Gasteiger partial charge in [-0.15, -0.1) is 0 Å². The fourth-order valence-corrected chi connectivity index (χ4v) is 2.49. The second-order valence-electron chi connectivity index (χ2n) is 5.54. The molecule has 124 valence electrons. The van der Waals surface area contributed by atoms with E-state index in [0.717, 1.165) is 35.3 Å². The van der Waals surface area contributed by atoms with E-state index in [9.17, 15) is 4.79 Å². The average molecular weight is 325 g/mol. The highest BCUT2D eigenvalue weighted by Gasteiger charge is 2.12. The number of aliphatic carboxylic acids is 1. The van der Waals surface area contributed by atoms with E-state index in [1.165, 1.54) is 0 Å². The van der Waals surface area contributed by atoms with Crippen molar-refractivity contribution in [3.8, 4) is 17.2 Å². The van der Waals surface area contributed by atoms with Gasteiger partial charge in [-0.25, -0.2) is 4.98 Å². The number of para-hydroxylation sites is 3. The smallest absolute Gasteiger partial charge is 0.303 e. The van der Waals surface area contributed by atoms with Crippen LogP contribution in [0, 0.1) is 0 Å². The van der Waals surface area contributed by atoms with Crippen LogP contribution in [0.2, 0.25) is 0 Å². The number of rotatable bonds is 8. The molecule has 0 saturated carbocycles. The summed E-state index contributed by atoms with van der Waals surface area (Å²) in [6.45, 7) is 0.539. The number of aromatic nitrogens is 1. The van der Waals surface area contributed by atoms with Crippen molar-refractivity contribution in [3.05, 3.63) is 48.5 Å². The second-order valence-corrected chi connectivity index (χ2v) is 5.54. The molecule has 1 aromatic heterocycles. The van der Waals surface area contributed by atoms with Crippen molar-refractivity contribution in [2.45, 2.75) is 25.7 Å². The molecule has 0 aliphatic carbocycles. The first-order chi connectivity index (χ1) is 11.7. The first-order valence-electron chi connectivity index (χ1n) is 8.03. The Kier molecular flexibility index (Phi) is 5.11. The van der Waals surface area contributed by atoms with Crippen molar-refractivity contribution in [3.63, 3.8) is 0 Å². The minimum absolute atomic E-state index is 0.208. The molecular weight excluding hydrogens is 306 g/mol. The highest BCUT2D eigenvalue weighted by Crippen LogP contribution is 2.31. The Morgan fingerprint density at radius 3 is 2.67 bits per heavy atom. The van der Waals surface area contributed by atoms with Gasteiger partial charge in [0.2, 0.25) is 5.89 Å². The van der Waals surface area contributed by atoms with E-state index in [2.05, 4.69) is 4.98 Å². The van der Waals surface area contributed by atoms with E-state index < -0.39 is 5.97 Å². The van der Waals surface area contributed by atoms with Gasteiger partial charge in [0.05, 0.1) is 12.2 Å². The molecule has 0 bridgehead atoms. The van der Waals surface area contributed by atoms with Gasteiger partial charge in [0.1, 0.15) is 11.3 Å². The molecule has 0 spiro atoms. The molecule has 24 heavy (non-hydrogen) atoms. The summed E-state index contributed by atoms with van der Waals surface area (Å²) in [4.78, 5) is 15.0. The van der Waals surface area contributed by atoms with Gasteiger partial charge in [-0.1, -0.05) is 24.3 Å². The van der Waals surface area contributed by atoms with E-state index in [-0.39, 0.29) is 6.42 Å². The molecule has 0 amide bonds. The third-order valence-electron chi connectivity index (χ3n) is 3.70. The highest BCUT2D eigenvalue weighted by atomic mass is 16.5. The predicted molar refractivity (Wildman–Crippen MR) is 91.0 cm³/mol. The summed E-state index contributed by atoms with van der Waals surface area (Å²) in [5.74, 6) is 0.511. The monoisotopic (exact) mass is 325 g/mol. The maximum absolute atomic E-state index is 10.5. The number of fused-ring (bicyclic) bond motifs is 1.